The molecule has 0 aliphatic heterocycles. The van der Waals surface area contributed by atoms with E-state index in [-0.39, 0.29) is 6.61 Å². The Morgan fingerprint density at radius 2 is 1.71 bits per heavy atom. The van der Waals surface area contributed by atoms with E-state index in [4.69, 9.17) is 24.8 Å². The third-order valence-corrected chi connectivity index (χ3v) is 2.25. The molecular formula is C11H20O6. The Balaban J connectivity index is 4.42. The Labute approximate surface area is 100 Å². The number of hydrogen-bond donors (Lipinski definition) is 3. The normalized spacial score (nSPS) is 12.3. The molecule has 0 unspecified atom stereocenters. The van der Waals surface area contributed by atoms with Gasteiger partial charge in [-0.25, -0.2) is 4.79 Å². The molecule has 17 heavy (non-hydrogen) atoms. The van der Waals surface area contributed by atoms with Gasteiger partial charge in [0.15, 0.2) is 0 Å². The van der Waals surface area contributed by atoms with Gasteiger partial charge in [0.1, 0.15) is 0 Å². The Hall–Kier alpha value is -0.950. The van der Waals surface area contributed by atoms with E-state index in [1.165, 1.54) is 13.8 Å². The van der Waals surface area contributed by atoms with Gasteiger partial charge in [0.05, 0.1) is 31.8 Å². The molecular weight excluding hydrogens is 228 g/mol. The van der Waals surface area contributed by atoms with Crippen molar-refractivity contribution in [3.8, 4) is 0 Å². The molecule has 0 heterocycles. The van der Waals surface area contributed by atoms with Crippen LogP contribution in [0.3, 0.4) is 0 Å². The van der Waals surface area contributed by atoms with E-state index in [1.807, 2.05) is 0 Å². The Bertz CT molecular complexity index is 248. The number of carbonyl (C=O) groups is 1. The van der Waals surface area contributed by atoms with Gasteiger partial charge in [-0.15, -0.1) is 0 Å². The maximum atomic E-state index is 11.0. The summed E-state index contributed by atoms with van der Waals surface area (Å²) >= 11 is 0. The van der Waals surface area contributed by atoms with E-state index in [2.05, 4.69) is 6.58 Å². The SMILES string of the molecule is C=CC(=O)OC(C)(C)OCC(CO)(CO)CO. The number of esters is 1. The van der Waals surface area contributed by atoms with Crippen molar-refractivity contribution in [2.24, 2.45) is 5.41 Å². The first-order chi connectivity index (χ1) is 7.84. The van der Waals surface area contributed by atoms with E-state index in [9.17, 15) is 4.79 Å². The summed E-state index contributed by atoms with van der Waals surface area (Å²) in [6.45, 7) is 4.80. The molecule has 0 fully saturated rings. The lowest BCUT2D eigenvalue weighted by Crippen LogP contribution is -2.43. The van der Waals surface area contributed by atoms with Crippen molar-refractivity contribution in [1.82, 2.24) is 0 Å². The monoisotopic (exact) mass is 248 g/mol. The molecule has 6 heteroatoms. The van der Waals surface area contributed by atoms with Gasteiger partial charge in [-0.3, -0.25) is 0 Å². The van der Waals surface area contributed by atoms with Crippen LogP contribution in [0.4, 0.5) is 0 Å². The third kappa shape index (κ3) is 5.27. The molecule has 0 rings (SSSR count). The zero-order chi connectivity index (χ0) is 13.5. The van der Waals surface area contributed by atoms with Crippen LogP contribution in [0.5, 0.6) is 0 Å². The van der Waals surface area contributed by atoms with E-state index in [0.717, 1.165) is 6.08 Å². The number of aliphatic hydroxyl groups excluding tert-OH is 3. The van der Waals surface area contributed by atoms with Gasteiger partial charge in [0.25, 0.3) is 0 Å². The molecule has 0 aliphatic carbocycles. The molecule has 0 atom stereocenters. The summed E-state index contributed by atoms with van der Waals surface area (Å²) in [7, 11) is 0. The highest BCUT2D eigenvalue weighted by atomic mass is 16.7. The minimum atomic E-state index is -1.23. The van der Waals surface area contributed by atoms with E-state index < -0.39 is 37.0 Å². The van der Waals surface area contributed by atoms with Crippen molar-refractivity contribution >= 4 is 5.97 Å². The molecule has 0 amide bonds. The van der Waals surface area contributed by atoms with Crippen molar-refractivity contribution in [3.05, 3.63) is 12.7 Å². The Morgan fingerprint density at radius 1 is 1.24 bits per heavy atom. The minimum Gasteiger partial charge on any atom is -0.431 e. The second-order valence-electron chi connectivity index (χ2n) is 4.29. The van der Waals surface area contributed by atoms with Gasteiger partial charge in [0.2, 0.25) is 5.79 Å². The molecule has 0 saturated heterocycles. The fraction of sp³-hybridized carbons (Fsp3) is 0.727. The average Bonchev–Trinajstić information content (AvgIpc) is 2.31. The van der Waals surface area contributed by atoms with Crippen LogP contribution in [0.15, 0.2) is 12.7 Å². The summed E-state index contributed by atoms with van der Waals surface area (Å²) in [5.41, 5.74) is -1.15. The fourth-order valence-electron chi connectivity index (χ4n) is 0.927. The van der Waals surface area contributed by atoms with E-state index in [0.29, 0.717) is 0 Å². The van der Waals surface area contributed by atoms with Crippen molar-refractivity contribution in [3.63, 3.8) is 0 Å². The topological polar surface area (TPSA) is 96.2 Å². The molecule has 0 aromatic carbocycles. The number of rotatable bonds is 8. The lowest BCUT2D eigenvalue weighted by atomic mass is 9.92. The highest BCUT2D eigenvalue weighted by Gasteiger charge is 2.33. The van der Waals surface area contributed by atoms with Crippen LogP contribution in [-0.4, -0.2) is 53.5 Å². The molecule has 6 nitrogen and oxygen atoms in total. The van der Waals surface area contributed by atoms with E-state index in [1.54, 1.807) is 0 Å². The molecule has 0 radical (unpaired) electrons. The van der Waals surface area contributed by atoms with Crippen LogP contribution in [-0.2, 0) is 14.3 Å². The number of aliphatic hydroxyl groups is 3. The highest BCUT2D eigenvalue weighted by Crippen LogP contribution is 2.20. The van der Waals surface area contributed by atoms with Crippen LogP contribution >= 0.6 is 0 Å². The summed E-state index contributed by atoms with van der Waals surface area (Å²) < 4.78 is 10.2. The Morgan fingerprint density at radius 3 is 2.06 bits per heavy atom. The van der Waals surface area contributed by atoms with Crippen LogP contribution in [0, 0.1) is 5.41 Å². The van der Waals surface area contributed by atoms with Gasteiger partial charge >= 0.3 is 5.97 Å². The van der Waals surface area contributed by atoms with E-state index >= 15 is 0 Å². The predicted molar refractivity (Wildman–Crippen MR) is 60.0 cm³/mol. The highest BCUT2D eigenvalue weighted by molar-refractivity contribution is 5.81. The maximum absolute atomic E-state index is 11.0. The molecule has 0 aromatic heterocycles. The van der Waals surface area contributed by atoms with Crippen LogP contribution < -0.4 is 0 Å². The van der Waals surface area contributed by atoms with Crippen LogP contribution in [0.2, 0.25) is 0 Å². The molecule has 100 valence electrons. The zero-order valence-corrected chi connectivity index (χ0v) is 10.2. The first-order valence-electron chi connectivity index (χ1n) is 5.16. The second kappa shape index (κ2) is 6.70. The quantitative estimate of drug-likeness (QED) is 0.302. The molecule has 0 spiro atoms. The van der Waals surface area contributed by atoms with Crippen molar-refractivity contribution in [2.75, 3.05) is 26.4 Å². The van der Waals surface area contributed by atoms with Gasteiger partial charge in [-0.1, -0.05) is 6.58 Å². The van der Waals surface area contributed by atoms with Crippen molar-refractivity contribution < 1.29 is 29.6 Å². The molecule has 0 bridgehead atoms. The molecule has 0 aromatic rings. The first-order valence-corrected chi connectivity index (χ1v) is 5.16. The summed E-state index contributed by atoms with van der Waals surface area (Å²) in [4.78, 5) is 11.0. The molecule has 3 N–H and O–H groups in total. The summed E-state index contributed by atoms with van der Waals surface area (Å²) in [5.74, 6) is -1.87. The first kappa shape index (κ1) is 16.1. The molecule has 0 saturated carbocycles. The van der Waals surface area contributed by atoms with Crippen molar-refractivity contribution in [1.29, 1.82) is 0 Å². The number of hydrogen-bond acceptors (Lipinski definition) is 6. The largest absolute Gasteiger partial charge is 0.431 e. The van der Waals surface area contributed by atoms with Crippen molar-refractivity contribution in [2.45, 2.75) is 19.6 Å². The summed E-state index contributed by atoms with van der Waals surface area (Å²) in [5, 5.41) is 27.2. The number of carbonyl (C=O) groups excluding carboxylic acids is 1. The minimum absolute atomic E-state index is 0.145. The second-order valence-corrected chi connectivity index (χ2v) is 4.29. The van der Waals surface area contributed by atoms with Gasteiger partial charge < -0.3 is 24.8 Å². The summed E-state index contributed by atoms with van der Waals surface area (Å²) in [6, 6.07) is 0. The smallest absolute Gasteiger partial charge is 0.332 e. The number of ether oxygens (including phenoxy) is 2. The Kier molecular flexibility index (Phi) is 6.33. The average molecular weight is 248 g/mol. The lowest BCUT2D eigenvalue weighted by Gasteiger charge is -2.32. The summed E-state index contributed by atoms with van der Waals surface area (Å²) in [6.07, 6.45) is 1.00. The third-order valence-electron chi connectivity index (χ3n) is 2.25. The van der Waals surface area contributed by atoms with Crippen LogP contribution in [0.1, 0.15) is 13.8 Å². The van der Waals surface area contributed by atoms with Gasteiger partial charge in [-0.2, -0.15) is 0 Å². The lowest BCUT2D eigenvalue weighted by molar-refractivity contribution is -0.227. The standard InChI is InChI=1S/C11H20O6/c1-4-9(15)17-10(2,3)16-8-11(5-12,6-13)7-14/h4,12-14H,1,5-8H2,2-3H3. The van der Waals surface area contributed by atoms with Crippen LogP contribution in [0.25, 0.3) is 0 Å². The maximum Gasteiger partial charge on any atom is 0.332 e. The van der Waals surface area contributed by atoms with Gasteiger partial charge in [0, 0.05) is 19.9 Å². The fourth-order valence-corrected chi connectivity index (χ4v) is 0.927. The van der Waals surface area contributed by atoms with Gasteiger partial charge in [-0.05, 0) is 0 Å². The predicted octanol–water partition coefficient (Wildman–Crippen LogP) is -0.568. The molecule has 0 aliphatic rings. The zero-order valence-electron chi connectivity index (χ0n) is 10.2.